The summed E-state index contributed by atoms with van der Waals surface area (Å²) in [6, 6.07) is 4.29. The SMILES string of the molecule is Cc1cc(C)c(-n2c(C3CC3)n[nH]c2=S)c(Br)c1. The van der Waals surface area contributed by atoms with Crippen LogP contribution in [-0.2, 0) is 0 Å². The molecule has 1 aliphatic carbocycles. The number of aryl methyl sites for hydroxylation is 2. The zero-order chi connectivity index (χ0) is 12.9. The van der Waals surface area contributed by atoms with Crippen LogP contribution in [0.25, 0.3) is 5.69 Å². The number of halogens is 1. The van der Waals surface area contributed by atoms with Crippen LogP contribution in [-0.4, -0.2) is 14.8 Å². The average Bonchev–Trinajstić information content (AvgIpc) is 3.04. The first-order valence-electron chi connectivity index (χ1n) is 6.02. The lowest BCUT2D eigenvalue weighted by molar-refractivity contribution is 0.861. The van der Waals surface area contributed by atoms with Crippen molar-refractivity contribution in [3.05, 3.63) is 38.3 Å². The number of aromatic amines is 1. The summed E-state index contributed by atoms with van der Waals surface area (Å²) < 4.78 is 3.82. The second-order valence-corrected chi connectivity index (χ2v) is 6.15. The Morgan fingerprint density at radius 1 is 1.39 bits per heavy atom. The van der Waals surface area contributed by atoms with Crippen LogP contribution in [0.1, 0.15) is 35.7 Å². The molecule has 0 atom stereocenters. The molecule has 0 radical (unpaired) electrons. The molecule has 1 fully saturated rings. The first kappa shape index (κ1) is 12.1. The number of hydrogen-bond donors (Lipinski definition) is 1. The maximum absolute atomic E-state index is 5.38. The van der Waals surface area contributed by atoms with E-state index in [0.29, 0.717) is 10.7 Å². The molecule has 0 amide bonds. The van der Waals surface area contributed by atoms with Crippen LogP contribution in [0.4, 0.5) is 0 Å². The Kier molecular flexibility index (Phi) is 2.90. The third-order valence-corrected chi connectivity index (χ3v) is 4.14. The predicted octanol–water partition coefficient (Wildman–Crippen LogP) is 4.19. The molecule has 0 saturated heterocycles. The van der Waals surface area contributed by atoms with Crippen molar-refractivity contribution >= 4 is 28.1 Å². The molecular weight excluding hydrogens is 310 g/mol. The molecule has 1 N–H and O–H groups in total. The fraction of sp³-hybridized carbons (Fsp3) is 0.385. The smallest absolute Gasteiger partial charge is 0.199 e. The Labute approximate surface area is 119 Å². The van der Waals surface area contributed by atoms with Gasteiger partial charge in [-0.3, -0.25) is 9.67 Å². The molecule has 94 valence electrons. The lowest BCUT2D eigenvalue weighted by Crippen LogP contribution is -2.04. The fourth-order valence-corrected chi connectivity index (χ4v) is 3.41. The lowest BCUT2D eigenvalue weighted by atomic mass is 10.1. The normalized spacial score (nSPS) is 15.1. The molecule has 0 bridgehead atoms. The average molecular weight is 324 g/mol. The van der Waals surface area contributed by atoms with Crippen LogP contribution >= 0.6 is 28.1 Å². The van der Waals surface area contributed by atoms with Crippen LogP contribution in [0.3, 0.4) is 0 Å². The van der Waals surface area contributed by atoms with Gasteiger partial charge in [-0.2, -0.15) is 5.10 Å². The number of benzene rings is 1. The summed E-state index contributed by atoms with van der Waals surface area (Å²) in [5.41, 5.74) is 3.56. The Morgan fingerprint density at radius 2 is 2.11 bits per heavy atom. The van der Waals surface area contributed by atoms with Gasteiger partial charge in [0, 0.05) is 10.4 Å². The minimum Gasteiger partial charge on any atom is -0.270 e. The van der Waals surface area contributed by atoms with Crippen LogP contribution in [0.5, 0.6) is 0 Å². The van der Waals surface area contributed by atoms with Crippen molar-refractivity contribution in [3.63, 3.8) is 0 Å². The van der Waals surface area contributed by atoms with Crippen molar-refractivity contribution in [3.8, 4) is 5.69 Å². The van der Waals surface area contributed by atoms with Crippen molar-refractivity contribution in [1.29, 1.82) is 0 Å². The van der Waals surface area contributed by atoms with Crippen molar-refractivity contribution < 1.29 is 0 Å². The molecule has 1 heterocycles. The number of H-pyrrole nitrogens is 1. The number of aromatic nitrogens is 3. The third-order valence-electron chi connectivity index (χ3n) is 3.26. The van der Waals surface area contributed by atoms with E-state index in [0.717, 1.165) is 16.0 Å². The summed E-state index contributed by atoms with van der Waals surface area (Å²) in [6.07, 6.45) is 2.42. The topological polar surface area (TPSA) is 33.6 Å². The van der Waals surface area contributed by atoms with E-state index in [1.54, 1.807) is 0 Å². The molecule has 1 aromatic heterocycles. The second-order valence-electron chi connectivity index (χ2n) is 4.91. The number of rotatable bonds is 2. The number of nitrogens with one attached hydrogen (secondary N) is 1. The molecule has 0 unspecified atom stereocenters. The van der Waals surface area contributed by atoms with Gasteiger partial charge in [-0.15, -0.1) is 0 Å². The van der Waals surface area contributed by atoms with E-state index in [-0.39, 0.29) is 0 Å². The molecule has 2 aromatic rings. The molecule has 3 rings (SSSR count). The number of nitrogens with zero attached hydrogens (tertiary/aromatic N) is 2. The molecular formula is C13H14BrN3S. The standard InChI is InChI=1S/C13H14BrN3S/c1-7-5-8(2)11(10(14)6-7)17-12(9-3-4-9)15-16-13(17)18/h5-6,9H,3-4H2,1-2H3,(H,16,18). The van der Waals surface area contributed by atoms with E-state index in [4.69, 9.17) is 12.2 Å². The van der Waals surface area contributed by atoms with E-state index < -0.39 is 0 Å². The van der Waals surface area contributed by atoms with Crippen molar-refractivity contribution in [2.75, 3.05) is 0 Å². The largest absolute Gasteiger partial charge is 0.270 e. The van der Waals surface area contributed by atoms with E-state index >= 15 is 0 Å². The Hall–Kier alpha value is -0.940. The molecule has 18 heavy (non-hydrogen) atoms. The zero-order valence-corrected chi connectivity index (χ0v) is 12.7. The zero-order valence-electron chi connectivity index (χ0n) is 10.3. The van der Waals surface area contributed by atoms with Gasteiger partial charge in [0.05, 0.1) is 5.69 Å². The molecule has 1 aliphatic rings. The Balaban J connectivity index is 2.27. The van der Waals surface area contributed by atoms with Crippen LogP contribution in [0, 0.1) is 18.6 Å². The minimum absolute atomic E-state index is 0.561. The first-order chi connectivity index (χ1) is 8.58. The van der Waals surface area contributed by atoms with E-state index in [1.807, 2.05) is 0 Å². The molecule has 0 spiro atoms. The van der Waals surface area contributed by atoms with Gasteiger partial charge in [0.2, 0.25) is 0 Å². The quantitative estimate of drug-likeness (QED) is 0.841. The van der Waals surface area contributed by atoms with Gasteiger partial charge in [-0.25, -0.2) is 0 Å². The maximum Gasteiger partial charge on any atom is 0.199 e. The lowest BCUT2D eigenvalue weighted by Gasteiger charge is -2.13. The van der Waals surface area contributed by atoms with E-state index in [1.165, 1.54) is 24.0 Å². The van der Waals surface area contributed by atoms with Crippen molar-refractivity contribution in [1.82, 2.24) is 14.8 Å². The second kappa shape index (κ2) is 4.31. The van der Waals surface area contributed by atoms with Crippen molar-refractivity contribution in [2.45, 2.75) is 32.6 Å². The molecule has 1 aromatic carbocycles. The summed E-state index contributed by atoms with van der Waals surface area (Å²) in [7, 11) is 0. The number of hydrogen-bond acceptors (Lipinski definition) is 2. The molecule has 1 saturated carbocycles. The highest BCUT2D eigenvalue weighted by molar-refractivity contribution is 9.10. The summed E-state index contributed by atoms with van der Waals surface area (Å²) in [5, 5.41) is 7.30. The summed E-state index contributed by atoms with van der Waals surface area (Å²) >= 11 is 9.03. The summed E-state index contributed by atoms with van der Waals surface area (Å²) in [5.74, 6) is 1.62. The van der Waals surface area contributed by atoms with Gasteiger partial charge >= 0.3 is 0 Å². The van der Waals surface area contributed by atoms with Gasteiger partial charge < -0.3 is 0 Å². The van der Waals surface area contributed by atoms with Crippen LogP contribution in [0.2, 0.25) is 0 Å². The molecule has 0 aliphatic heterocycles. The maximum atomic E-state index is 5.38. The van der Waals surface area contributed by atoms with Gasteiger partial charge in [0.1, 0.15) is 5.82 Å². The predicted molar refractivity (Wildman–Crippen MR) is 77.9 cm³/mol. The van der Waals surface area contributed by atoms with Gasteiger partial charge in [0.15, 0.2) is 4.77 Å². The third kappa shape index (κ3) is 1.95. The van der Waals surface area contributed by atoms with Gasteiger partial charge in [-0.1, -0.05) is 6.07 Å². The van der Waals surface area contributed by atoms with E-state index in [9.17, 15) is 0 Å². The van der Waals surface area contributed by atoms with Crippen LogP contribution < -0.4 is 0 Å². The minimum atomic E-state index is 0.561. The Bertz CT molecular complexity index is 644. The highest BCUT2D eigenvalue weighted by Crippen LogP contribution is 2.41. The monoisotopic (exact) mass is 323 g/mol. The van der Waals surface area contributed by atoms with Crippen LogP contribution in [0.15, 0.2) is 16.6 Å². The molecule has 5 heteroatoms. The first-order valence-corrected chi connectivity index (χ1v) is 7.22. The molecule has 3 nitrogen and oxygen atoms in total. The van der Waals surface area contributed by atoms with Gasteiger partial charge in [0.25, 0.3) is 0 Å². The van der Waals surface area contributed by atoms with E-state index in [2.05, 4.69) is 56.7 Å². The summed E-state index contributed by atoms with van der Waals surface area (Å²) in [4.78, 5) is 0. The fourth-order valence-electron chi connectivity index (χ4n) is 2.33. The van der Waals surface area contributed by atoms with Crippen molar-refractivity contribution in [2.24, 2.45) is 0 Å². The Morgan fingerprint density at radius 3 is 2.72 bits per heavy atom. The summed E-state index contributed by atoms with van der Waals surface area (Å²) in [6.45, 7) is 4.20. The highest BCUT2D eigenvalue weighted by Gasteiger charge is 2.30. The van der Waals surface area contributed by atoms with Gasteiger partial charge in [-0.05, 0) is 72.0 Å². The highest BCUT2D eigenvalue weighted by atomic mass is 79.9.